The van der Waals surface area contributed by atoms with Crippen LogP contribution in [-0.4, -0.2) is 41.1 Å². The zero-order chi connectivity index (χ0) is 22.4. The fourth-order valence-corrected chi connectivity index (χ4v) is 3.70. The molecule has 1 aliphatic rings. The number of benzene rings is 2. The number of rotatable bonds is 7. The first-order valence-electron chi connectivity index (χ1n) is 9.76. The van der Waals surface area contributed by atoms with Gasteiger partial charge in [-0.3, -0.25) is 19.3 Å². The number of esters is 1. The zero-order valence-corrected chi connectivity index (χ0v) is 18.0. The zero-order valence-electron chi connectivity index (χ0n) is 17.2. The van der Waals surface area contributed by atoms with Crippen molar-refractivity contribution >= 4 is 46.5 Å². The summed E-state index contributed by atoms with van der Waals surface area (Å²) < 4.78 is 5.06. The van der Waals surface area contributed by atoms with Crippen LogP contribution >= 0.6 is 11.8 Å². The largest absolute Gasteiger partial charge is 0.452 e. The van der Waals surface area contributed by atoms with E-state index in [4.69, 9.17) is 4.74 Å². The summed E-state index contributed by atoms with van der Waals surface area (Å²) in [6.07, 6.45) is 2.32. The fraction of sp³-hybridized carbons (Fsp3) is 0.217. The van der Waals surface area contributed by atoms with E-state index in [1.807, 2.05) is 26.0 Å². The summed E-state index contributed by atoms with van der Waals surface area (Å²) in [5.74, 6) is -1.37. The van der Waals surface area contributed by atoms with Gasteiger partial charge in [0.25, 0.3) is 17.1 Å². The number of thioether (sulfide) groups is 1. The predicted octanol–water partition coefficient (Wildman–Crippen LogP) is 4.24. The van der Waals surface area contributed by atoms with Crippen LogP contribution in [0.3, 0.4) is 0 Å². The molecule has 1 fully saturated rings. The molecular formula is C23H22N2O5S. The monoisotopic (exact) mass is 438 g/mol. The maximum atomic E-state index is 12.3. The molecule has 1 heterocycles. The minimum atomic E-state index is -0.631. The lowest BCUT2D eigenvalue weighted by Crippen LogP contribution is -2.28. The van der Waals surface area contributed by atoms with E-state index < -0.39 is 18.5 Å². The van der Waals surface area contributed by atoms with Crippen LogP contribution in [0.1, 0.15) is 34.8 Å². The minimum Gasteiger partial charge on any atom is -0.452 e. The number of carbonyl (C=O) groups is 4. The van der Waals surface area contributed by atoms with Gasteiger partial charge in [0.05, 0.1) is 10.5 Å². The number of ether oxygens (including phenoxy) is 1. The smallest absolute Gasteiger partial charge is 0.338 e. The van der Waals surface area contributed by atoms with E-state index in [-0.39, 0.29) is 16.7 Å². The lowest BCUT2D eigenvalue weighted by Gasteiger charge is -2.09. The number of imide groups is 1. The number of hydrogen-bond donors (Lipinski definition) is 1. The van der Waals surface area contributed by atoms with Crippen LogP contribution in [0.2, 0.25) is 0 Å². The van der Waals surface area contributed by atoms with Crippen molar-refractivity contribution < 1.29 is 23.9 Å². The van der Waals surface area contributed by atoms with Gasteiger partial charge >= 0.3 is 5.97 Å². The number of amides is 3. The third-order valence-corrected chi connectivity index (χ3v) is 5.34. The van der Waals surface area contributed by atoms with E-state index in [1.165, 1.54) is 4.90 Å². The van der Waals surface area contributed by atoms with Crippen molar-refractivity contribution in [3.8, 4) is 0 Å². The topological polar surface area (TPSA) is 92.8 Å². The molecule has 1 N–H and O–H groups in total. The highest BCUT2D eigenvalue weighted by atomic mass is 32.2. The van der Waals surface area contributed by atoms with Crippen molar-refractivity contribution in [1.29, 1.82) is 0 Å². The van der Waals surface area contributed by atoms with Crippen molar-refractivity contribution in [1.82, 2.24) is 4.90 Å². The molecule has 0 saturated carbocycles. The van der Waals surface area contributed by atoms with Crippen LogP contribution in [-0.2, 0) is 14.3 Å². The van der Waals surface area contributed by atoms with Crippen molar-refractivity contribution in [3.63, 3.8) is 0 Å². The number of aryl methyl sites for hydroxylation is 1. The van der Waals surface area contributed by atoms with E-state index in [9.17, 15) is 19.2 Å². The number of hydrogen-bond acceptors (Lipinski definition) is 6. The van der Waals surface area contributed by atoms with Gasteiger partial charge in [0.15, 0.2) is 6.61 Å². The average molecular weight is 439 g/mol. The molecular weight excluding hydrogens is 416 g/mol. The maximum absolute atomic E-state index is 12.3. The molecule has 2 aromatic carbocycles. The Morgan fingerprint density at radius 3 is 2.39 bits per heavy atom. The summed E-state index contributed by atoms with van der Waals surface area (Å²) in [6, 6.07) is 13.7. The molecule has 2 aromatic rings. The molecule has 8 heteroatoms. The molecule has 1 aliphatic heterocycles. The first-order valence-corrected chi connectivity index (χ1v) is 10.6. The minimum absolute atomic E-state index is 0.276. The van der Waals surface area contributed by atoms with Crippen LogP contribution in [0.5, 0.6) is 0 Å². The van der Waals surface area contributed by atoms with Gasteiger partial charge in [-0.1, -0.05) is 36.8 Å². The van der Waals surface area contributed by atoms with Gasteiger partial charge in [-0.2, -0.15) is 0 Å². The van der Waals surface area contributed by atoms with E-state index >= 15 is 0 Å². The van der Waals surface area contributed by atoms with Gasteiger partial charge in [-0.25, -0.2) is 4.79 Å². The molecule has 31 heavy (non-hydrogen) atoms. The molecule has 0 aromatic heterocycles. The second-order valence-electron chi connectivity index (χ2n) is 6.95. The second kappa shape index (κ2) is 10.1. The molecule has 0 spiro atoms. The van der Waals surface area contributed by atoms with Crippen LogP contribution in [0.4, 0.5) is 10.5 Å². The highest BCUT2D eigenvalue weighted by Gasteiger charge is 2.34. The number of nitrogens with zero attached hydrogens (tertiary/aromatic N) is 1. The van der Waals surface area contributed by atoms with E-state index in [0.29, 0.717) is 29.1 Å². The van der Waals surface area contributed by atoms with E-state index in [2.05, 4.69) is 5.32 Å². The SMILES string of the molecule is CCCN1C(=O)S/C(=C\c2ccc(C(=O)OCC(=O)Nc3ccc(C)cc3)cc2)C1=O. The molecule has 3 amide bonds. The van der Waals surface area contributed by atoms with Gasteiger partial charge in [0, 0.05) is 12.2 Å². The quantitative estimate of drug-likeness (QED) is 0.514. The molecule has 1 saturated heterocycles. The molecule has 0 aliphatic carbocycles. The molecule has 0 bridgehead atoms. The van der Waals surface area contributed by atoms with Crippen LogP contribution in [0.15, 0.2) is 53.4 Å². The van der Waals surface area contributed by atoms with Crippen molar-refractivity contribution in [2.24, 2.45) is 0 Å². The first kappa shape index (κ1) is 22.3. The lowest BCUT2D eigenvalue weighted by atomic mass is 10.1. The van der Waals surface area contributed by atoms with Crippen LogP contribution in [0, 0.1) is 6.92 Å². The third-order valence-electron chi connectivity index (χ3n) is 4.43. The summed E-state index contributed by atoms with van der Waals surface area (Å²) in [6.45, 7) is 3.83. The van der Waals surface area contributed by atoms with Gasteiger partial charge < -0.3 is 10.1 Å². The average Bonchev–Trinajstić information content (AvgIpc) is 3.02. The highest BCUT2D eigenvalue weighted by Crippen LogP contribution is 2.32. The van der Waals surface area contributed by atoms with Gasteiger partial charge in [0.1, 0.15) is 0 Å². The molecule has 7 nitrogen and oxygen atoms in total. The third kappa shape index (κ3) is 5.82. The summed E-state index contributed by atoms with van der Waals surface area (Å²) in [4.78, 5) is 49.9. The maximum Gasteiger partial charge on any atom is 0.338 e. The number of nitrogens with one attached hydrogen (secondary N) is 1. The Bertz CT molecular complexity index is 1030. The Hall–Kier alpha value is -3.39. The second-order valence-corrected chi connectivity index (χ2v) is 7.94. The molecule has 0 atom stereocenters. The normalized spacial score (nSPS) is 14.8. The molecule has 0 unspecified atom stereocenters. The van der Waals surface area contributed by atoms with Crippen molar-refractivity contribution in [3.05, 3.63) is 70.1 Å². The Kier molecular flexibility index (Phi) is 7.25. The van der Waals surface area contributed by atoms with E-state index in [1.54, 1.807) is 42.5 Å². The summed E-state index contributed by atoms with van der Waals surface area (Å²) in [7, 11) is 0. The van der Waals surface area contributed by atoms with Gasteiger partial charge in [-0.15, -0.1) is 0 Å². The first-order chi connectivity index (χ1) is 14.9. The molecule has 0 radical (unpaired) electrons. The van der Waals surface area contributed by atoms with Crippen LogP contribution < -0.4 is 5.32 Å². The Morgan fingerprint density at radius 2 is 1.74 bits per heavy atom. The molecule has 3 rings (SSSR count). The standard InChI is InChI=1S/C23H22N2O5S/c1-3-12-25-21(27)19(31-23(25)29)13-16-6-8-17(9-7-16)22(28)30-14-20(26)24-18-10-4-15(2)5-11-18/h4-11,13H,3,12,14H2,1-2H3,(H,24,26)/b19-13-. The lowest BCUT2D eigenvalue weighted by molar-refractivity contribution is -0.122. The Balaban J connectivity index is 1.55. The number of anilines is 1. The van der Waals surface area contributed by atoms with Crippen molar-refractivity contribution in [2.75, 3.05) is 18.5 Å². The van der Waals surface area contributed by atoms with Gasteiger partial charge in [-0.05, 0) is 61.0 Å². The van der Waals surface area contributed by atoms with E-state index in [0.717, 1.165) is 17.3 Å². The Morgan fingerprint density at radius 1 is 1.06 bits per heavy atom. The summed E-state index contributed by atoms with van der Waals surface area (Å²) in [5, 5.41) is 2.38. The summed E-state index contributed by atoms with van der Waals surface area (Å²) >= 11 is 0.902. The molecule has 160 valence electrons. The predicted molar refractivity (Wildman–Crippen MR) is 120 cm³/mol. The fourth-order valence-electron chi connectivity index (χ4n) is 2.83. The van der Waals surface area contributed by atoms with Crippen molar-refractivity contribution in [2.45, 2.75) is 20.3 Å². The Labute approximate surface area is 184 Å². The van der Waals surface area contributed by atoms with Crippen LogP contribution in [0.25, 0.3) is 6.08 Å². The van der Waals surface area contributed by atoms with Gasteiger partial charge in [0.2, 0.25) is 0 Å². The highest BCUT2D eigenvalue weighted by molar-refractivity contribution is 8.18. The number of carbonyl (C=O) groups excluding carboxylic acids is 4. The summed E-state index contributed by atoms with van der Waals surface area (Å²) in [5.41, 5.74) is 2.65.